The third-order valence-electron chi connectivity index (χ3n) is 2.67. The number of aliphatic hydroxyl groups is 5. The third-order valence-corrected chi connectivity index (χ3v) is 3.26. The highest BCUT2D eigenvalue weighted by molar-refractivity contribution is 7.81. The number of aliphatic hydroxyl groups excluding tert-OH is 5. The van der Waals surface area contributed by atoms with Crippen LogP contribution in [0.15, 0.2) is 36.1 Å². The lowest BCUT2D eigenvalue weighted by Gasteiger charge is -2.25. The van der Waals surface area contributed by atoms with E-state index in [-0.39, 0.29) is 5.76 Å². The van der Waals surface area contributed by atoms with Crippen LogP contribution in [-0.4, -0.2) is 55.7 Å². The van der Waals surface area contributed by atoms with Crippen molar-refractivity contribution in [3.63, 3.8) is 0 Å². The average molecular weight is 286 g/mol. The first-order valence-electron chi connectivity index (χ1n) is 5.76. The zero-order chi connectivity index (χ0) is 14.4. The van der Waals surface area contributed by atoms with Crippen LogP contribution in [0, 0.1) is 0 Å². The first-order valence-corrected chi connectivity index (χ1v) is 6.27. The molecule has 1 rings (SSSR count). The monoisotopic (exact) mass is 286 g/mol. The molecule has 0 aromatic heterocycles. The lowest BCUT2D eigenvalue weighted by molar-refractivity contribution is -0.0309. The minimum absolute atomic E-state index is 0.379. The van der Waals surface area contributed by atoms with Crippen LogP contribution in [0.3, 0.4) is 0 Å². The van der Waals surface area contributed by atoms with E-state index in [1.54, 1.807) is 24.3 Å². The molecule has 1 aromatic carbocycles. The van der Waals surface area contributed by atoms with Gasteiger partial charge in [0.1, 0.15) is 18.0 Å². The van der Waals surface area contributed by atoms with Gasteiger partial charge in [0.2, 0.25) is 0 Å². The Bertz CT molecular complexity index is 409. The van der Waals surface area contributed by atoms with Crippen LogP contribution < -0.4 is 0 Å². The van der Waals surface area contributed by atoms with Crippen molar-refractivity contribution in [2.45, 2.75) is 23.6 Å². The Hall–Kier alpha value is -1.05. The fourth-order valence-corrected chi connectivity index (χ4v) is 1.85. The summed E-state index contributed by atoms with van der Waals surface area (Å²) in [6.07, 6.45) is -3.01. The highest BCUT2D eigenvalue weighted by Crippen LogP contribution is 2.18. The van der Waals surface area contributed by atoms with Crippen LogP contribution >= 0.6 is 12.6 Å². The molecule has 5 nitrogen and oxygen atoms in total. The molecule has 0 unspecified atom stereocenters. The van der Waals surface area contributed by atoms with E-state index in [0.717, 1.165) is 0 Å². The molecular weight excluding hydrogens is 268 g/mol. The second kappa shape index (κ2) is 7.52. The summed E-state index contributed by atoms with van der Waals surface area (Å²) in [6.45, 7) is -0.659. The third kappa shape index (κ3) is 4.52. The smallest absolute Gasteiger partial charge is 0.125 e. The van der Waals surface area contributed by atoms with Gasteiger partial charge in [0.15, 0.2) is 0 Å². The van der Waals surface area contributed by atoms with Gasteiger partial charge in [0.05, 0.1) is 18.0 Å². The van der Waals surface area contributed by atoms with E-state index in [2.05, 4.69) is 12.6 Å². The predicted octanol–water partition coefficient (Wildman–Crippen LogP) is -0.0411. The van der Waals surface area contributed by atoms with Gasteiger partial charge in [-0.15, -0.1) is 0 Å². The van der Waals surface area contributed by atoms with Crippen molar-refractivity contribution < 1.29 is 25.5 Å². The Morgan fingerprint density at radius 2 is 1.74 bits per heavy atom. The standard InChI is InChI=1S/C13H18O5S/c14-7-10(16)12(18)13(19)11(17)9(15)6-8-4-2-1-3-5-8/h1-6,10-19H,7H2/t10-,11-,12-,13+/m1/s1. The quantitative estimate of drug-likeness (QED) is 0.325. The topological polar surface area (TPSA) is 101 Å². The van der Waals surface area contributed by atoms with Crippen LogP contribution in [0.2, 0.25) is 0 Å². The summed E-state index contributed by atoms with van der Waals surface area (Å²) < 4.78 is 0. The molecule has 0 bridgehead atoms. The van der Waals surface area contributed by atoms with Gasteiger partial charge in [-0.1, -0.05) is 30.3 Å². The molecule has 4 atom stereocenters. The van der Waals surface area contributed by atoms with E-state index in [4.69, 9.17) is 5.11 Å². The molecule has 0 radical (unpaired) electrons. The summed E-state index contributed by atoms with van der Waals surface area (Å²) in [4.78, 5) is 0. The fourth-order valence-electron chi connectivity index (χ4n) is 1.50. The lowest BCUT2D eigenvalue weighted by atomic mass is 10.0. The second-order valence-electron chi connectivity index (χ2n) is 4.16. The molecule has 6 heteroatoms. The Morgan fingerprint density at radius 1 is 1.16 bits per heavy atom. The zero-order valence-corrected chi connectivity index (χ0v) is 11.1. The molecule has 0 spiro atoms. The van der Waals surface area contributed by atoms with Crippen molar-refractivity contribution in [1.82, 2.24) is 0 Å². The number of rotatable bonds is 6. The molecule has 0 saturated carbocycles. The maximum atomic E-state index is 9.81. The molecular formula is C13H18O5S. The van der Waals surface area contributed by atoms with Crippen LogP contribution in [0.1, 0.15) is 5.56 Å². The molecule has 0 aliphatic rings. The lowest BCUT2D eigenvalue weighted by Crippen LogP contribution is -2.43. The summed E-state index contributed by atoms with van der Waals surface area (Å²) in [5.41, 5.74) is 0.678. The highest BCUT2D eigenvalue weighted by Gasteiger charge is 2.30. The average Bonchev–Trinajstić information content (AvgIpc) is 2.44. The predicted molar refractivity (Wildman–Crippen MR) is 74.9 cm³/mol. The molecule has 0 amide bonds. The number of benzene rings is 1. The Labute approximate surface area is 116 Å². The Morgan fingerprint density at radius 3 is 2.26 bits per heavy atom. The van der Waals surface area contributed by atoms with Crippen molar-refractivity contribution in [2.24, 2.45) is 0 Å². The van der Waals surface area contributed by atoms with Crippen molar-refractivity contribution in [1.29, 1.82) is 0 Å². The molecule has 0 saturated heterocycles. The first kappa shape index (κ1) is 16.0. The summed E-state index contributed by atoms with van der Waals surface area (Å²) in [5, 5.41) is 46.0. The van der Waals surface area contributed by atoms with E-state index in [1.807, 2.05) is 6.07 Å². The molecule has 106 valence electrons. The summed E-state index contributed by atoms with van der Waals surface area (Å²) in [5.74, 6) is -0.379. The van der Waals surface area contributed by atoms with Gasteiger partial charge in [0.25, 0.3) is 0 Å². The molecule has 5 N–H and O–H groups in total. The molecule has 19 heavy (non-hydrogen) atoms. The van der Waals surface area contributed by atoms with Crippen LogP contribution in [0.25, 0.3) is 6.08 Å². The summed E-state index contributed by atoms with van der Waals surface area (Å²) in [7, 11) is 0. The van der Waals surface area contributed by atoms with Crippen molar-refractivity contribution in [3.8, 4) is 0 Å². The number of thiol groups is 1. The van der Waals surface area contributed by atoms with E-state index in [1.165, 1.54) is 6.08 Å². The van der Waals surface area contributed by atoms with Crippen LogP contribution in [0.5, 0.6) is 0 Å². The van der Waals surface area contributed by atoms with Gasteiger partial charge in [-0.2, -0.15) is 12.6 Å². The van der Waals surface area contributed by atoms with E-state index in [0.29, 0.717) is 5.56 Å². The van der Waals surface area contributed by atoms with Gasteiger partial charge >= 0.3 is 0 Å². The molecule has 1 aromatic rings. The number of hydrogen-bond donors (Lipinski definition) is 6. The molecule has 0 aliphatic heterocycles. The van der Waals surface area contributed by atoms with Crippen LogP contribution in [-0.2, 0) is 0 Å². The second-order valence-corrected chi connectivity index (χ2v) is 4.75. The van der Waals surface area contributed by atoms with Crippen LogP contribution in [0.4, 0.5) is 0 Å². The van der Waals surface area contributed by atoms with E-state index in [9.17, 15) is 20.4 Å². The van der Waals surface area contributed by atoms with Gasteiger partial charge in [-0.25, -0.2) is 0 Å². The minimum Gasteiger partial charge on any atom is -0.509 e. The van der Waals surface area contributed by atoms with E-state index < -0.39 is 30.2 Å². The van der Waals surface area contributed by atoms with E-state index >= 15 is 0 Å². The van der Waals surface area contributed by atoms with Crippen molar-refractivity contribution in [2.75, 3.05) is 6.61 Å². The summed E-state index contributed by atoms with van der Waals surface area (Å²) in [6, 6.07) is 8.82. The maximum absolute atomic E-state index is 9.81. The SMILES string of the molecule is OC[C@@H](O)[C@@H](O)[C@@H](S)[C@H](O)C(O)=Cc1ccccc1. The largest absolute Gasteiger partial charge is 0.509 e. The Balaban J connectivity index is 2.76. The first-order chi connectivity index (χ1) is 8.97. The fraction of sp³-hybridized carbons (Fsp3) is 0.385. The summed E-state index contributed by atoms with van der Waals surface area (Å²) >= 11 is 3.95. The minimum atomic E-state index is -1.46. The molecule has 0 aliphatic carbocycles. The van der Waals surface area contributed by atoms with Gasteiger partial charge in [-0.3, -0.25) is 0 Å². The van der Waals surface area contributed by atoms with Gasteiger partial charge in [-0.05, 0) is 11.6 Å². The number of hydrogen-bond acceptors (Lipinski definition) is 6. The molecule has 0 fully saturated rings. The van der Waals surface area contributed by atoms with Crippen molar-refractivity contribution >= 4 is 18.7 Å². The molecule has 0 heterocycles. The highest BCUT2D eigenvalue weighted by atomic mass is 32.1. The Kier molecular flexibility index (Phi) is 6.33. The van der Waals surface area contributed by atoms with Gasteiger partial charge in [0, 0.05) is 0 Å². The normalized spacial score (nSPS) is 18.7. The zero-order valence-electron chi connectivity index (χ0n) is 10.2. The van der Waals surface area contributed by atoms with Gasteiger partial charge < -0.3 is 25.5 Å². The maximum Gasteiger partial charge on any atom is 0.125 e. The van der Waals surface area contributed by atoms with Crippen molar-refractivity contribution in [3.05, 3.63) is 41.7 Å².